The molecular formula is C33H31BF4N4O5S2. The molecule has 1 aliphatic rings. The van der Waals surface area contributed by atoms with Crippen LogP contribution in [0.25, 0.3) is 22.2 Å². The third-order valence-electron chi connectivity index (χ3n) is 7.68. The van der Waals surface area contributed by atoms with E-state index in [1.165, 1.54) is 23.9 Å². The van der Waals surface area contributed by atoms with Gasteiger partial charge in [-0.2, -0.15) is 0 Å². The summed E-state index contributed by atoms with van der Waals surface area (Å²) < 4.78 is 86.6. The van der Waals surface area contributed by atoms with Crippen LogP contribution in [0.15, 0.2) is 76.8 Å². The Kier molecular flexibility index (Phi) is 11.1. The van der Waals surface area contributed by atoms with Crippen molar-refractivity contribution >= 4 is 62.1 Å². The minimum absolute atomic E-state index is 0.00480. The molecule has 3 heterocycles. The molecule has 1 fully saturated rings. The number of hydrogen-bond donors (Lipinski definition) is 3. The van der Waals surface area contributed by atoms with Crippen LogP contribution in [0.2, 0.25) is 0 Å². The minimum atomic E-state index is -3.78. The zero-order valence-electron chi connectivity index (χ0n) is 26.5. The Morgan fingerprint density at radius 3 is 2.31 bits per heavy atom. The smallest absolute Gasteiger partial charge is 0.423 e. The monoisotopic (exact) mass is 714 g/mol. The van der Waals surface area contributed by atoms with E-state index >= 15 is 4.39 Å². The Morgan fingerprint density at radius 2 is 1.63 bits per heavy atom. The third-order valence-corrected chi connectivity index (χ3v) is 9.65. The molecule has 0 aliphatic carbocycles. The van der Waals surface area contributed by atoms with Crippen molar-refractivity contribution in [2.75, 3.05) is 49.0 Å². The van der Waals surface area contributed by atoms with Gasteiger partial charge in [0.15, 0.2) is 9.84 Å². The summed E-state index contributed by atoms with van der Waals surface area (Å²) in [6.45, 7) is 4.16. The summed E-state index contributed by atoms with van der Waals surface area (Å²) in [6.07, 6.45) is 6.06. The Morgan fingerprint density at radius 1 is 0.939 bits per heavy atom. The number of fused-ring (bicyclic) bond motifs is 1. The molecule has 6 rings (SSSR count). The van der Waals surface area contributed by atoms with Crippen molar-refractivity contribution in [3.05, 3.63) is 95.8 Å². The second-order valence-electron chi connectivity index (χ2n) is 11.1. The van der Waals surface area contributed by atoms with Gasteiger partial charge in [-0.1, -0.05) is 0 Å². The van der Waals surface area contributed by atoms with Crippen LogP contribution >= 0.6 is 11.8 Å². The number of ether oxygens (including phenoxy) is 1. The van der Waals surface area contributed by atoms with Gasteiger partial charge < -0.3 is 25.0 Å². The molecule has 0 unspecified atom stereocenters. The van der Waals surface area contributed by atoms with Gasteiger partial charge in [0.05, 0.1) is 64.2 Å². The lowest BCUT2D eigenvalue weighted by Gasteiger charge is -2.28. The van der Waals surface area contributed by atoms with Crippen LogP contribution in [0.5, 0.6) is 0 Å². The zero-order chi connectivity index (χ0) is 35.5. The van der Waals surface area contributed by atoms with Gasteiger partial charge in [0.25, 0.3) is 0 Å². The number of rotatable bonds is 7. The van der Waals surface area contributed by atoms with E-state index in [9.17, 15) is 21.6 Å². The predicted octanol–water partition coefficient (Wildman–Crippen LogP) is 5.23. The highest BCUT2D eigenvalue weighted by Gasteiger charge is 2.23. The zero-order valence-corrected chi connectivity index (χ0v) is 28.2. The molecule has 0 spiro atoms. The second kappa shape index (κ2) is 15.1. The maximum atomic E-state index is 15.1. The lowest BCUT2D eigenvalue weighted by Crippen LogP contribution is -2.36. The summed E-state index contributed by atoms with van der Waals surface area (Å²) in [5.74, 6) is -2.83. The van der Waals surface area contributed by atoms with E-state index in [1.807, 2.05) is 6.07 Å². The van der Waals surface area contributed by atoms with Crippen LogP contribution in [0, 0.1) is 30.2 Å². The molecule has 0 radical (unpaired) electrons. The number of benzene rings is 3. The first-order valence-electron chi connectivity index (χ1n) is 14.8. The second-order valence-corrected chi connectivity index (χ2v) is 13.9. The Balaban J connectivity index is 0.000000330. The molecule has 256 valence electrons. The fourth-order valence-electron chi connectivity index (χ4n) is 5.38. The average Bonchev–Trinajstić information content (AvgIpc) is 3.06. The number of hydrogen-bond acceptors (Lipinski definition) is 10. The van der Waals surface area contributed by atoms with E-state index in [2.05, 4.69) is 20.2 Å². The molecule has 3 N–H and O–H groups in total. The largest absolute Gasteiger partial charge is 0.489 e. The van der Waals surface area contributed by atoms with Crippen LogP contribution in [-0.2, 0) is 14.6 Å². The van der Waals surface area contributed by atoms with E-state index in [-0.39, 0.29) is 38.2 Å². The number of sulfone groups is 1. The Labute approximate surface area is 285 Å². The average molecular weight is 715 g/mol. The summed E-state index contributed by atoms with van der Waals surface area (Å²) in [7, 11) is -5.38. The summed E-state index contributed by atoms with van der Waals surface area (Å²) in [6, 6.07) is 10.8. The van der Waals surface area contributed by atoms with Crippen LogP contribution in [0.4, 0.5) is 34.6 Å². The van der Waals surface area contributed by atoms with Crippen LogP contribution in [0.3, 0.4) is 0 Å². The van der Waals surface area contributed by atoms with Crippen molar-refractivity contribution in [1.29, 1.82) is 0 Å². The highest BCUT2D eigenvalue weighted by Crippen LogP contribution is 2.39. The molecule has 0 amide bonds. The van der Waals surface area contributed by atoms with E-state index < -0.39 is 40.2 Å². The Hall–Kier alpha value is -4.22. The molecule has 3 aromatic carbocycles. The highest BCUT2D eigenvalue weighted by atomic mass is 32.2. The first-order chi connectivity index (χ1) is 23.3. The number of nitrogens with one attached hydrogen (secondary N) is 1. The Bertz CT molecular complexity index is 2120. The number of aromatic nitrogens is 2. The normalized spacial score (nSPS) is 13.2. The fraction of sp³-hybridized carbons (Fsp3) is 0.212. The standard InChI is InChI=1S/C26H23F3N4O3S.C7H8BFO2S/c1-15-25(20-9-16(27)3-4-23(20)37(2,34)35)32-22-11-17(28)10-21(29)24(22)26(15)31-18-12-19(14-30-13-18)33-5-7-36-8-6-33;1-12-7-3-2-5(9)4-6(7)8(10)11/h3-4,9-14H,5-8H2,1-2H3,(H,31,32);2-4,10-11H,1H3. The number of halogens is 4. The summed E-state index contributed by atoms with van der Waals surface area (Å²) in [5.41, 5.74) is 2.18. The number of pyridine rings is 2. The van der Waals surface area contributed by atoms with Gasteiger partial charge in [-0.05, 0) is 66.7 Å². The number of morpholine rings is 1. The van der Waals surface area contributed by atoms with Crippen molar-refractivity contribution in [2.45, 2.75) is 16.7 Å². The first kappa shape index (κ1) is 36.1. The molecule has 1 aliphatic heterocycles. The van der Waals surface area contributed by atoms with Crippen molar-refractivity contribution < 1.29 is 40.8 Å². The minimum Gasteiger partial charge on any atom is -0.423 e. The van der Waals surface area contributed by atoms with Gasteiger partial charge in [0.1, 0.15) is 23.3 Å². The molecule has 0 saturated carbocycles. The third kappa shape index (κ3) is 8.33. The first-order valence-corrected chi connectivity index (χ1v) is 17.9. The van der Waals surface area contributed by atoms with E-state index in [0.29, 0.717) is 42.4 Å². The fourth-order valence-corrected chi connectivity index (χ4v) is 6.85. The molecule has 2 aromatic heterocycles. The molecule has 49 heavy (non-hydrogen) atoms. The lowest BCUT2D eigenvalue weighted by molar-refractivity contribution is 0.122. The van der Waals surface area contributed by atoms with Gasteiger partial charge in [-0.15, -0.1) is 11.8 Å². The van der Waals surface area contributed by atoms with Crippen molar-refractivity contribution in [3.63, 3.8) is 0 Å². The SMILES string of the molecule is CSc1ccc(F)cc1B(O)O.Cc1c(-c2cc(F)ccc2S(C)(=O)=O)nc2cc(F)cc(F)c2c1Nc1cncc(N2CCOCC2)c1. The molecule has 9 nitrogen and oxygen atoms in total. The van der Waals surface area contributed by atoms with E-state index in [0.717, 1.165) is 48.3 Å². The van der Waals surface area contributed by atoms with Gasteiger partial charge in [0.2, 0.25) is 0 Å². The topological polar surface area (TPSA) is 125 Å². The van der Waals surface area contributed by atoms with Crippen LogP contribution < -0.4 is 15.7 Å². The molecule has 16 heteroatoms. The van der Waals surface area contributed by atoms with Crippen molar-refractivity contribution in [2.24, 2.45) is 0 Å². The summed E-state index contributed by atoms with van der Waals surface area (Å²) in [5, 5.41) is 20.9. The lowest BCUT2D eigenvalue weighted by atomic mass is 9.80. The van der Waals surface area contributed by atoms with Crippen LogP contribution in [-0.4, -0.2) is 74.4 Å². The molecular weight excluding hydrogens is 683 g/mol. The molecule has 0 bridgehead atoms. The van der Waals surface area contributed by atoms with Gasteiger partial charge >= 0.3 is 7.12 Å². The van der Waals surface area contributed by atoms with Crippen LogP contribution in [0.1, 0.15) is 5.56 Å². The van der Waals surface area contributed by atoms with Gasteiger partial charge in [0, 0.05) is 41.9 Å². The van der Waals surface area contributed by atoms with E-state index in [1.54, 1.807) is 25.6 Å². The summed E-state index contributed by atoms with van der Waals surface area (Å²) >= 11 is 1.35. The van der Waals surface area contributed by atoms with Crippen molar-refractivity contribution in [3.8, 4) is 11.3 Å². The van der Waals surface area contributed by atoms with Gasteiger partial charge in [-0.3, -0.25) is 4.98 Å². The molecule has 5 aromatic rings. The number of anilines is 3. The van der Waals surface area contributed by atoms with E-state index in [4.69, 9.17) is 14.8 Å². The number of thioether (sulfide) groups is 1. The maximum Gasteiger partial charge on any atom is 0.489 e. The highest BCUT2D eigenvalue weighted by molar-refractivity contribution is 7.98. The maximum absolute atomic E-state index is 15.1. The summed E-state index contributed by atoms with van der Waals surface area (Å²) in [4.78, 5) is 11.3. The van der Waals surface area contributed by atoms with Gasteiger partial charge in [-0.25, -0.2) is 31.0 Å². The number of nitrogens with zero attached hydrogens (tertiary/aromatic N) is 3. The molecule has 1 saturated heterocycles. The molecule has 0 atom stereocenters. The van der Waals surface area contributed by atoms with Crippen molar-refractivity contribution in [1.82, 2.24) is 9.97 Å². The quantitative estimate of drug-likeness (QED) is 0.0894. The predicted molar refractivity (Wildman–Crippen MR) is 183 cm³/mol.